The summed E-state index contributed by atoms with van der Waals surface area (Å²) >= 11 is 0. The third-order valence-electron chi connectivity index (χ3n) is 5.69. The van der Waals surface area contributed by atoms with E-state index in [1.807, 2.05) is 24.3 Å². The molecule has 1 aromatic heterocycles. The molecule has 2 aromatic rings. The van der Waals surface area contributed by atoms with Gasteiger partial charge in [-0.3, -0.25) is 4.79 Å². The van der Waals surface area contributed by atoms with Crippen LogP contribution in [0.15, 0.2) is 33.6 Å². The van der Waals surface area contributed by atoms with Crippen LogP contribution in [-0.2, 0) is 19.6 Å². The fourth-order valence-electron chi connectivity index (χ4n) is 3.80. The van der Waals surface area contributed by atoms with Crippen molar-refractivity contribution in [1.82, 2.24) is 9.21 Å². The molecule has 0 radical (unpaired) electrons. The van der Waals surface area contributed by atoms with Crippen molar-refractivity contribution in [2.24, 2.45) is 0 Å². The van der Waals surface area contributed by atoms with Gasteiger partial charge in [-0.25, -0.2) is 13.2 Å². The molecule has 1 aliphatic heterocycles. The number of esters is 1. The lowest BCUT2D eigenvalue weighted by Gasteiger charge is -2.34. The second-order valence-electron chi connectivity index (χ2n) is 8.21. The molecule has 1 aliphatic rings. The van der Waals surface area contributed by atoms with E-state index < -0.39 is 16.0 Å². The van der Waals surface area contributed by atoms with Crippen LogP contribution in [0.5, 0.6) is 5.75 Å². The van der Waals surface area contributed by atoms with Crippen molar-refractivity contribution in [3.8, 4) is 5.75 Å². The summed E-state index contributed by atoms with van der Waals surface area (Å²) in [7, 11) is -2.82. The Morgan fingerprint density at radius 3 is 2.18 bits per heavy atom. The van der Waals surface area contributed by atoms with Gasteiger partial charge in [-0.1, -0.05) is 26.0 Å². The van der Waals surface area contributed by atoms with Crippen LogP contribution in [0.3, 0.4) is 0 Å². The fraction of sp³-hybridized carbons (Fsp3) is 0.478. The van der Waals surface area contributed by atoms with Gasteiger partial charge in [-0.05, 0) is 37.5 Å². The van der Waals surface area contributed by atoms with E-state index in [9.17, 15) is 18.0 Å². The number of carbonyl (C=O) groups excluding carboxylic acids is 2. The molecule has 2 heterocycles. The summed E-state index contributed by atoms with van der Waals surface area (Å²) in [5.41, 5.74) is 1.09. The first-order valence-electron chi connectivity index (χ1n) is 10.7. The van der Waals surface area contributed by atoms with Crippen molar-refractivity contribution in [3.05, 3.63) is 46.9 Å². The van der Waals surface area contributed by atoms with Crippen molar-refractivity contribution >= 4 is 21.9 Å². The number of methoxy groups -OCH3 is 1. The van der Waals surface area contributed by atoms with E-state index in [1.165, 1.54) is 30.8 Å². The van der Waals surface area contributed by atoms with Gasteiger partial charge in [-0.15, -0.1) is 0 Å². The molecule has 3 rings (SSSR count). The first-order valence-corrected chi connectivity index (χ1v) is 12.2. The van der Waals surface area contributed by atoms with Crippen LogP contribution in [0, 0.1) is 13.8 Å². The third kappa shape index (κ3) is 5.22. The molecular formula is C23H30N2O7S. The molecule has 0 unspecified atom stereocenters. The lowest BCUT2D eigenvalue weighted by Crippen LogP contribution is -2.51. The second-order valence-corrected chi connectivity index (χ2v) is 10.1. The molecular weight excluding hydrogens is 448 g/mol. The minimum atomic E-state index is -4.00. The number of benzene rings is 1. The SMILES string of the molecule is COC(=O)c1c(C)oc(C)c1S(=O)(=O)N1CCN(C(=O)COc2ccc(C(C)C)cc2)CC1. The summed E-state index contributed by atoms with van der Waals surface area (Å²) in [5.74, 6) is 0.344. The zero-order valence-electron chi connectivity index (χ0n) is 19.6. The highest BCUT2D eigenvalue weighted by Gasteiger charge is 2.37. The standard InChI is InChI=1S/C23H30N2O7S/c1-15(2)18-6-8-19(9-7-18)31-14-20(26)24-10-12-25(13-11-24)33(28,29)22-17(4)32-16(3)21(22)23(27)30-5/h6-9,15H,10-14H2,1-5H3. The average Bonchev–Trinajstić information content (AvgIpc) is 3.11. The third-order valence-corrected chi connectivity index (χ3v) is 7.75. The summed E-state index contributed by atoms with van der Waals surface area (Å²) in [4.78, 5) is 26.1. The minimum Gasteiger partial charge on any atom is -0.484 e. The molecule has 1 fully saturated rings. The molecule has 0 atom stereocenters. The van der Waals surface area contributed by atoms with Crippen LogP contribution in [0.4, 0.5) is 0 Å². The van der Waals surface area contributed by atoms with Gasteiger partial charge >= 0.3 is 5.97 Å². The zero-order chi connectivity index (χ0) is 24.3. The number of amides is 1. The van der Waals surface area contributed by atoms with E-state index in [1.54, 1.807) is 4.90 Å². The Hall–Kier alpha value is -2.85. The largest absolute Gasteiger partial charge is 0.484 e. The first-order chi connectivity index (χ1) is 15.6. The molecule has 180 valence electrons. The Morgan fingerprint density at radius 1 is 1.03 bits per heavy atom. The maximum atomic E-state index is 13.3. The van der Waals surface area contributed by atoms with Crippen LogP contribution >= 0.6 is 0 Å². The van der Waals surface area contributed by atoms with Gasteiger partial charge in [-0.2, -0.15) is 4.31 Å². The summed E-state index contributed by atoms with van der Waals surface area (Å²) in [6.45, 7) is 7.73. The van der Waals surface area contributed by atoms with Gasteiger partial charge in [0.25, 0.3) is 5.91 Å². The van der Waals surface area contributed by atoms with Crippen molar-refractivity contribution in [3.63, 3.8) is 0 Å². The monoisotopic (exact) mass is 478 g/mol. The number of sulfonamides is 1. The highest BCUT2D eigenvalue weighted by Crippen LogP contribution is 2.30. The zero-order valence-corrected chi connectivity index (χ0v) is 20.4. The number of aryl methyl sites for hydroxylation is 2. The van der Waals surface area contributed by atoms with E-state index in [2.05, 4.69) is 13.8 Å². The molecule has 1 aromatic carbocycles. The molecule has 1 saturated heterocycles. The fourth-order valence-corrected chi connectivity index (χ4v) is 5.60. The minimum absolute atomic E-state index is 0.0922. The van der Waals surface area contributed by atoms with E-state index in [0.717, 1.165) is 0 Å². The van der Waals surface area contributed by atoms with Crippen LogP contribution in [0.25, 0.3) is 0 Å². The molecule has 10 heteroatoms. The van der Waals surface area contributed by atoms with Crippen molar-refractivity contribution in [1.29, 1.82) is 0 Å². The number of hydrogen-bond donors (Lipinski definition) is 0. The van der Waals surface area contributed by atoms with Gasteiger partial charge < -0.3 is 18.8 Å². The molecule has 0 bridgehead atoms. The predicted octanol–water partition coefficient (Wildman–Crippen LogP) is 2.72. The number of carbonyl (C=O) groups is 2. The van der Waals surface area contributed by atoms with Crippen LogP contribution in [0.1, 0.15) is 47.2 Å². The van der Waals surface area contributed by atoms with Gasteiger partial charge in [0, 0.05) is 26.2 Å². The molecule has 33 heavy (non-hydrogen) atoms. The maximum Gasteiger partial charge on any atom is 0.342 e. The van der Waals surface area contributed by atoms with E-state index in [4.69, 9.17) is 13.9 Å². The van der Waals surface area contributed by atoms with Crippen LogP contribution in [-0.4, -0.2) is 69.4 Å². The Balaban J connectivity index is 1.62. The normalized spacial score (nSPS) is 15.0. The molecule has 0 spiro atoms. The lowest BCUT2D eigenvalue weighted by atomic mass is 10.0. The average molecular weight is 479 g/mol. The molecule has 0 saturated carbocycles. The Labute approximate surface area is 194 Å². The summed E-state index contributed by atoms with van der Waals surface area (Å²) in [5, 5.41) is 0. The smallest absolute Gasteiger partial charge is 0.342 e. The molecule has 0 N–H and O–H groups in total. The Kier molecular flexibility index (Phi) is 7.48. The molecule has 0 aliphatic carbocycles. The van der Waals surface area contributed by atoms with E-state index in [0.29, 0.717) is 11.7 Å². The first kappa shape index (κ1) is 24.8. The van der Waals surface area contributed by atoms with Gasteiger partial charge in [0.05, 0.1) is 7.11 Å². The quantitative estimate of drug-likeness (QED) is 0.563. The Morgan fingerprint density at radius 2 is 1.64 bits per heavy atom. The van der Waals surface area contributed by atoms with E-state index in [-0.39, 0.29) is 60.7 Å². The van der Waals surface area contributed by atoms with E-state index >= 15 is 0 Å². The van der Waals surface area contributed by atoms with Gasteiger partial charge in [0.1, 0.15) is 27.7 Å². The van der Waals surface area contributed by atoms with Gasteiger partial charge in [0.15, 0.2) is 6.61 Å². The van der Waals surface area contributed by atoms with Crippen LogP contribution < -0.4 is 4.74 Å². The summed E-state index contributed by atoms with van der Waals surface area (Å²) in [6.07, 6.45) is 0. The highest BCUT2D eigenvalue weighted by molar-refractivity contribution is 7.89. The maximum absolute atomic E-state index is 13.3. The number of piperazine rings is 1. The Bertz CT molecular complexity index is 1110. The van der Waals surface area contributed by atoms with Crippen molar-refractivity contribution in [2.75, 3.05) is 39.9 Å². The number of furan rings is 1. The van der Waals surface area contributed by atoms with Gasteiger partial charge in [0.2, 0.25) is 10.0 Å². The lowest BCUT2D eigenvalue weighted by molar-refractivity contribution is -0.134. The predicted molar refractivity (Wildman–Crippen MR) is 121 cm³/mol. The number of ether oxygens (including phenoxy) is 2. The summed E-state index contributed by atoms with van der Waals surface area (Å²) < 4.78 is 43.5. The number of nitrogens with zero attached hydrogens (tertiary/aromatic N) is 2. The highest BCUT2D eigenvalue weighted by atomic mass is 32.2. The van der Waals surface area contributed by atoms with Crippen LogP contribution in [0.2, 0.25) is 0 Å². The second kappa shape index (κ2) is 9.96. The number of hydrogen-bond acceptors (Lipinski definition) is 7. The topological polar surface area (TPSA) is 106 Å². The van der Waals surface area contributed by atoms with Crippen molar-refractivity contribution in [2.45, 2.75) is 38.5 Å². The molecule has 9 nitrogen and oxygen atoms in total. The van der Waals surface area contributed by atoms with Crippen molar-refractivity contribution < 1.29 is 31.9 Å². The molecule has 1 amide bonds. The summed E-state index contributed by atoms with van der Waals surface area (Å²) in [6, 6.07) is 7.61. The number of rotatable bonds is 7.